The van der Waals surface area contributed by atoms with E-state index in [1.54, 1.807) is 0 Å². The summed E-state index contributed by atoms with van der Waals surface area (Å²) in [5, 5.41) is 0. The quantitative estimate of drug-likeness (QED) is 0.651. The Kier molecular flexibility index (Phi) is 4.43. The van der Waals surface area contributed by atoms with Crippen LogP contribution in [-0.2, 0) is 9.53 Å². The summed E-state index contributed by atoms with van der Waals surface area (Å²) in [7, 11) is 0. The van der Waals surface area contributed by atoms with Crippen LogP contribution in [0.1, 0.15) is 52.9 Å². The maximum atomic E-state index is 10.9. The molecule has 0 radical (unpaired) electrons. The van der Waals surface area contributed by atoms with E-state index in [0.717, 1.165) is 6.42 Å². The molecule has 0 saturated heterocycles. The third-order valence-electron chi connectivity index (χ3n) is 2.93. The van der Waals surface area contributed by atoms with Gasteiger partial charge in [0.05, 0.1) is 0 Å². The first-order valence-corrected chi connectivity index (χ1v) is 5.76. The van der Waals surface area contributed by atoms with Crippen molar-refractivity contribution in [2.24, 2.45) is 11.8 Å². The molecule has 0 bridgehead atoms. The van der Waals surface area contributed by atoms with Crippen LogP contribution in [0.15, 0.2) is 0 Å². The highest BCUT2D eigenvalue weighted by molar-refractivity contribution is 5.66. The highest BCUT2D eigenvalue weighted by Crippen LogP contribution is 2.31. The number of hydrogen-bond donors (Lipinski definition) is 0. The molecule has 1 fully saturated rings. The molecule has 2 nitrogen and oxygen atoms in total. The molecule has 0 heterocycles. The first kappa shape index (κ1) is 11.5. The summed E-state index contributed by atoms with van der Waals surface area (Å²) in [6, 6.07) is 0. The van der Waals surface area contributed by atoms with Crippen molar-refractivity contribution in [3.63, 3.8) is 0 Å². The Morgan fingerprint density at radius 2 is 2.00 bits per heavy atom. The Balaban J connectivity index is 2.45. The van der Waals surface area contributed by atoms with E-state index in [1.165, 1.54) is 32.6 Å². The van der Waals surface area contributed by atoms with Crippen LogP contribution in [0.25, 0.3) is 0 Å². The number of ether oxygens (including phenoxy) is 1. The van der Waals surface area contributed by atoms with Gasteiger partial charge in [-0.2, -0.15) is 0 Å². The monoisotopic (exact) mass is 198 g/mol. The van der Waals surface area contributed by atoms with Crippen molar-refractivity contribution in [3.8, 4) is 0 Å². The lowest BCUT2D eigenvalue weighted by Gasteiger charge is -2.31. The zero-order valence-corrected chi connectivity index (χ0v) is 9.58. The highest BCUT2D eigenvalue weighted by atomic mass is 16.5. The molecule has 0 aliphatic heterocycles. The van der Waals surface area contributed by atoms with E-state index in [2.05, 4.69) is 13.8 Å². The smallest absolute Gasteiger partial charge is 0.302 e. The molecule has 1 aliphatic carbocycles. The first-order chi connectivity index (χ1) is 6.59. The fourth-order valence-corrected chi connectivity index (χ4v) is 2.42. The molecule has 0 N–H and O–H groups in total. The molecule has 2 heteroatoms. The molecule has 0 aromatic carbocycles. The van der Waals surface area contributed by atoms with Gasteiger partial charge in [-0.25, -0.2) is 0 Å². The first-order valence-electron chi connectivity index (χ1n) is 5.76. The molecule has 1 rings (SSSR count). The number of rotatable bonds is 3. The molecule has 0 aromatic rings. The Morgan fingerprint density at radius 1 is 1.36 bits per heavy atom. The van der Waals surface area contributed by atoms with E-state index in [0.29, 0.717) is 11.8 Å². The predicted molar refractivity (Wildman–Crippen MR) is 57.0 cm³/mol. The Hall–Kier alpha value is -0.530. The number of hydrogen-bond acceptors (Lipinski definition) is 2. The third kappa shape index (κ3) is 3.69. The predicted octanol–water partition coefficient (Wildman–Crippen LogP) is 3.15. The van der Waals surface area contributed by atoms with Crippen LogP contribution in [0.5, 0.6) is 0 Å². The Bertz CT molecular complexity index is 187. The second-order valence-corrected chi connectivity index (χ2v) is 4.82. The molecule has 0 amide bonds. The van der Waals surface area contributed by atoms with Crippen molar-refractivity contribution in [1.29, 1.82) is 0 Å². The van der Waals surface area contributed by atoms with Crippen molar-refractivity contribution in [2.75, 3.05) is 0 Å². The van der Waals surface area contributed by atoms with Gasteiger partial charge in [0.25, 0.3) is 0 Å². The summed E-state index contributed by atoms with van der Waals surface area (Å²) in [6.07, 6.45) is 6.20. The van der Waals surface area contributed by atoms with E-state index in [4.69, 9.17) is 4.74 Å². The lowest BCUT2D eigenvalue weighted by atomic mass is 9.81. The topological polar surface area (TPSA) is 26.3 Å². The van der Waals surface area contributed by atoms with Gasteiger partial charge in [-0.1, -0.05) is 20.3 Å². The summed E-state index contributed by atoms with van der Waals surface area (Å²) in [6.45, 7) is 5.99. The van der Waals surface area contributed by atoms with E-state index in [1.807, 2.05) is 0 Å². The van der Waals surface area contributed by atoms with Crippen molar-refractivity contribution < 1.29 is 9.53 Å². The molecule has 0 spiro atoms. The fourth-order valence-electron chi connectivity index (χ4n) is 2.42. The Morgan fingerprint density at radius 3 is 2.57 bits per heavy atom. The zero-order chi connectivity index (χ0) is 10.6. The minimum Gasteiger partial charge on any atom is -0.462 e. The molecule has 2 atom stereocenters. The normalized spacial score (nSPS) is 27.7. The van der Waals surface area contributed by atoms with Gasteiger partial charge in [0.1, 0.15) is 6.10 Å². The molecule has 2 unspecified atom stereocenters. The number of esters is 1. The van der Waals surface area contributed by atoms with Crippen LogP contribution >= 0.6 is 0 Å². The van der Waals surface area contributed by atoms with Crippen molar-refractivity contribution in [3.05, 3.63) is 0 Å². The van der Waals surface area contributed by atoms with Gasteiger partial charge in [0.2, 0.25) is 0 Å². The minimum absolute atomic E-state index is 0.120. The highest BCUT2D eigenvalue weighted by Gasteiger charge is 2.27. The minimum atomic E-state index is -0.120. The summed E-state index contributed by atoms with van der Waals surface area (Å²) in [4.78, 5) is 10.9. The maximum Gasteiger partial charge on any atom is 0.302 e. The average Bonchev–Trinajstić information content (AvgIpc) is 2.06. The Labute approximate surface area is 87.0 Å². The SMILES string of the molecule is CC(=O)OC1CCCCC1CC(C)C. The van der Waals surface area contributed by atoms with Gasteiger partial charge in [0.15, 0.2) is 0 Å². The number of carbonyl (C=O) groups is 1. The summed E-state index contributed by atoms with van der Waals surface area (Å²) < 4.78 is 5.37. The summed E-state index contributed by atoms with van der Waals surface area (Å²) in [5.41, 5.74) is 0. The summed E-state index contributed by atoms with van der Waals surface area (Å²) in [5.74, 6) is 1.19. The van der Waals surface area contributed by atoms with E-state index < -0.39 is 0 Å². The van der Waals surface area contributed by atoms with Crippen molar-refractivity contribution in [1.82, 2.24) is 0 Å². The third-order valence-corrected chi connectivity index (χ3v) is 2.93. The second-order valence-electron chi connectivity index (χ2n) is 4.82. The maximum absolute atomic E-state index is 10.9. The lowest BCUT2D eigenvalue weighted by Crippen LogP contribution is -2.30. The van der Waals surface area contributed by atoms with Crippen molar-refractivity contribution >= 4 is 5.97 Å². The van der Waals surface area contributed by atoms with Crippen LogP contribution in [0.4, 0.5) is 0 Å². The largest absolute Gasteiger partial charge is 0.462 e. The van der Waals surface area contributed by atoms with Crippen LogP contribution in [0.3, 0.4) is 0 Å². The molecule has 82 valence electrons. The van der Waals surface area contributed by atoms with Crippen LogP contribution in [0, 0.1) is 11.8 Å². The van der Waals surface area contributed by atoms with E-state index in [-0.39, 0.29) is 12.1 Å². The standard InChI is InChI=1S/C12H22O2/c1-9(2)8-11-6-4-5-7-12(11)14-10(3)13/h9,11-12H,4-8H2,1-3H3. The second kappa shape index (κ2) is 5.38. The lowest BCUT2D eigenvalue weighted by molar-refractivity contribution is -0.151. The fraction of sp³-hybridized carbons (Fsp3) is 0.917. The zero-order valence-electron chi connectivity index (χ0n) is 9.58. The van der Waals surface area contributed by atoms with Crippen LogP contribution in [-0.4, -0.2) is 12.1 Å². The molecule has 1 aliphatic rings. The van der Waals surface area contributed by atoms with E-state index in [9.17, 15) is 4.79 Å². The molecular weight excluding hydrogens is 176 g/mol. The molecular formula is C12H22O2. The van der Waals surface area contributed by atoms with Gasteiger partial charge in [-0.05, 0) is 37.5 Å². The van der Waals surface area contributed by atoms with Crippen molar-refractivity contribution in [2.45, 2.75) is 59.0 Å². The molecule has 1 saturated carbocycles. The van der Waals surface area contributed by atoms with Crippen LogP contribution < -0.4 is 0 Å². The molecule has 14 heavy (non-hydrogen) atoms. The van der Waals surface area contributed by atoms with Gasteiger partial charge in [0, 0.05) is 6.92 Å². The molecule has 0 aromatic heterocycles. The van der Waals surface area contributed by atoms with Gasteiger partial charge in [-0.15, -0.1) is 0 Å². The number of carbonyl (C=O) groups excluding carboxylic acids is 1. The average molecular weight is 198 g/mol. The van der Waals surface area contributed by atoms with Gasteiger partial charge in [-0.3, -0.25) is 4.79 Å². The summed E-state index contributed by atoms with van der Waals surface area (Å²) >= 11 is 0. The van der Waals surface area contributed by atoms with Crippen LogP contribution in [0.2, 0.25) is 0 Å². The van der Waals surface area contributed by atoms with Gasteiger partial charge < -0.3 is 4.74 Å². The van der Waals surface area contributed by atoms with E-state index >= 15 is 0 Å². The van der Waals surface area contributed by atoms with Gasteiger partial charge >= 0.3 is 5.97 Å².